The van der Waals surface area contributed by atoms with Gasteiger partial charge in [-0.3, -0.25) is 0 Å². The van der Waals surface area contributed by atoms with E-state index in [1.165, 1.54) is 11.1 Å². The van der Waals surface area contributed by atoms with Gasteiger partial charge in [-0.15, -0.1) is 0 Å². The van der Waals surface area contributed by atoms with E-state index >= 15 is 0 Å². The molecule has 0 aromatic heterocycles. The Hall–Kier alpha value is -1.38. The highest BCUT2D eigenvalue weighted by atomic mass is 35.5. The van der Waals surface area contributed by atoms with Crippen LogP contribution in [0.3, 0.4) is 0 Å². The second-order valence-corrected chi connectivity index (χ2v) is 5.62. The van der Waals surface area contributed by atoms with Gasteiger partial charge < -0.3 is 10.4 Å². The van der Waals surface area contributed by atoms with E-state index in [0.717, 1.165) is 12.1 Å². The summed E-state index contributed by atoms with van der Waals surface area (Å²) >= 11 is 11.9. The molecule has 4 heteroatoms. The Morgan fingerprint density at radius 3 is 2.15 bits per heavy atom. The van der Waals surface area contributed by atoms with Gasteiger partial charge in [0.2, 0.25) is 0 Å². The highest BCUT2D eigenvalue weighted by Crippen LogP contribution is 2.36. The number of nitrogens with one attached hydrogen (secondary N) is 1. The Morgan fingerprint density at radius 1 is 1.10 bits per heavy atom. The van der Waals surface area contributed by atoms with E-state index in [1.807, 2.05) is 0 Å². The molecule has 0 radical (unpaired) electrons. The summed E-state index contributed by atoms with van der Waals surface area (Å²) in [6, 6.07) is 11.9. The third-order valence-corrected chi connectivity index (χ3v) is 3.82. The Bertz CT molecular complexity index is 573. The first-order valence-electron chi connectivity index (χ1n) is 6.52. The Balaban J connectivity index is 2.24. The molecule has 1 unspecified atom stereocenters. The molecule has 2 aromatic rings. The average Bonchev–Trinajstić information content (AvgIpc) is 2.43. The number of anilines is 1. The standard InChI is InChI=1S/C16H17Cl2NO/c1-3-15(11-6-4-10(2)5-7-11)19-12-8-13(17)16(20)14(18)9-12/h4-9,15,19-20H,3H2,1-2H3. The van der Waals surface area contributed by atoms with E-state index in [9.17, 15) is 5.11 Å². The summed E-state index contributed by atoms with van der Waals surface area (Å²) in [4.78, 5) is 0. The number of hydrogen-bond acceptors (Lipinski definition) is 2. The number of benzene rings is 2. The zero-order chi connectivity index (χ0) is 14.7. The maximum Gasteiger partial charge on any atom is 0.152 e. The van der Waals surface area contributed by atoms with Gasteiger partial charge in [-0.1, -0.05) is 60.0 Å². The molecule has 0 aliphatic heterocycles. The van der Waals surface area contributed by atoms with Crippen LogP contribution in [-0.2, 0) is 0 Å². The van der Waals surface area contributed by atoms with E-state index in [2.05, 4.69) is 43.4 Å². The van der Waals surface area contributed by atoms with Gasteiger partial charge in [0, 0.05) is 5.69 Å². The van der Waals surface area contributed by atoms with Crippen LogP contribution in [-0.4, -0.2) is 5.11 Å². The van der Waals surface area contributed by atoms with E-state index in [-0.39, 0.29) is 21.8 Å². The molecule has 1 atom stereocenters. The molecule has 0 spiro atoms. The minimum absolute atomic E-state index is 0.0812. The smallest absolute Gasteiger partial charge is 0.152 e. The number of aromatic hydroxyl groups is 1. The third kappa shape index (κ3) is 3.38. The molecule has 0 amide bonds. The quantitative estimate of drug-likeness (QED) is 0.723. The van der Waals surface area contributed by atoms with Crippen LogP contribution in [0.2, 0.25) is 10.0 Å². The fraction of sp³-hybridized carbons (Fsp3) is 0.250. The molecule has 0 saturated carbocycles. The number of phenols is 1. The lowest BCUT2D eigenvalue weighted by atomic mass is 10.0. The van der Waals surface area contributed by atoms with Crippen molar-refractivity contribution in [1.82, 2.24) is 0 Å². The summed E-state index contributed by atoms with van der Waals surface area (Å²) in [7, 11) is 0. The molecule has 2 rings (SSSR count). The number of aryl methyl sites for hydroxylation is 1. The molecule has 106 valence electrons. The summed E-state index contributed by atoms with van der Waals surface area (Å²) in [6.45, 7) is 4.18. The van der Waals surface area contributed by atoms with Gasteiger partial charge in [-0.05, 0) is 31.0 Å². The maximum absolute atomic E-state index is 9.58. The summed E-state index contributed by atoms with van der Waals surface area (Å²) in [5.74, 6) is -0.0812. The molecule has 2 nitrogen and oxygen atoms in total. The molecule has 2 aromatic carbocycles. The highest BCUT2D eigenvalue weighted by molar-refractivity contribution is 6.37. The monoisotopic (exact) mass is 309 g/mol. The molecular formula is C16H17Cl2NO. The second-order valence-electron chi connectivity index (χ2n) is 4.80. The molecule has 2 N–H and O–H groups in total. The summed E-state index contributed by atoms with van der Waals surface area (Å²) in [6.07, 6.45) is 0.930. The van der Waals surface area contributed by atoms with Crippen molar-refractivity contribution in [3.8, 4) is 5.75 Å². The number of phenolic OH excluding ortho intramolecular Hbond substituents is 1. The minimum atomic E-state index is -0.0812. The van der Waals surface area contributed by atoms with Crippen molar-refractivity contribution in [2.45, 2.75) is 26.3 Å². The fourth-order valence-corrected chi connectivity index (χ4v) is 2.56. The van der Waals surface area contributed by atoms with Gasteiger partial charge in [0.25, 0.3) is 0 Å². The van der Waals surface area contributed by atoms with Crippen LogP contribution in [0.25, 0.3) is 0 Å². The second kappa shape index (κ2) is 6.38. The Morgan fingerprint density at radius 2 is 1.65 bits per heavy atom. The molecule has 0 aliphatic carbocycles. The zero-order valence-corrected chi connectivity index (χ0v) is 13.0. The lowest BCUT2D eigenvalue weighted by molar-refractivity contribution is 0.476. The largest absolute Gasteiger partial charge is 0.505 e. The van der Waals surface area contributed by atoms with Crippen LogP contribution in [0, 0.1) is 6.92 Å². The maximum atomic E-state index is 9.58. The van der Waals surface area contributed by atoms with Crippen LogP contribution < -0.4 is 5.32 Å². The average molecular weight is 310 g/mol. The molecule has 0 bridgehead atoms. The van der Waals surface area contributed by atoms with Gasteiger partial charge in [0.05, 0.1) is 16.1 Å². The van der Waals surface area contributed by atoms with Gasteiger partial charge >= 0.3 is 0 Å². The van der Waals surface area contributed by atoms with Gasteiger partial charge in [-0.2, -0.15) is 0 Å². The van der Waals surface area contributed by atoms with Crippen LogP contribution in [0.1, 0.15) is 30.5 Å². The number of hydrogen-bond donors (Lipinski definition) is 2. The fourth-order valence-electron chi connectivity index (χ4n) is 2.07. The van der Waals surface area contributed by atoms with Crippen molar-refractivity contribution in [3.05, 3.63) is 57.6 Å². The summed E-state index contributed by atoms with van der Waals surface area (Å²) in [5, 5.41) is 13.5. The van der Waals surface area contributed by atoms with Crippen molar-refractivity contribution in [2.75, 3.05) is 5.32 Å². The Kier molecular flexibility index (Phi) is 4.79. The van der Waals surface area contributed by atoms with E-state index in [0.29, 0.717) is 0 Å². The molecule has 0 saturated heterocycles. The van der Waals surface area contributed by atoms with E-state index in [4.69, 9.17) is 23.2 Å². The number of rotatable bonds is 4. The van der Waals surface area contributed by atoms with E-state index < -0.39 is 0 Å². The summed E-state index contributed by atoms with van der Waals surface area (Å²) < 4.78 is 0. The van der Waals surface area contributed by atoms with Gasteiger partial charge in [0.1, 0.15) is 0 Å². The SMILES string of the molecule is CCC(Nc1cc(Cl)c(O)c(Cl)c1)c1ccc(C)cc1. The van der Waals surface area contributed by atoms with Crippen LogP contribution in [0.15, 0.2) is 36.4 Å². The van der Waals surface area contributed by atoms with Crippen LogP contribution in [0.4, 0.5) is 5.69 Å². The van der Waals surface area contributed by atoms with Gasteiger partial charge in [0.15, 0.2) is 5.75 Å². The first-order chi connectivity index (χ1) is 9.51. The minimum Gasteiger partial charge on any atom is -0.505 e. The van der Waals surface area contributed by atoms with Crippen molar-refractivity contribution in [2.24, 2.45) is 0 Å². The van der Waals surface area contributed by atoms with Crippen molar-refractivity contribution in [3.63, 3.8) is 0 Å². The first-order valence-corrected chi connectivity index (χ1v) is 7.28. The molecule has 0 fully saturated rings. The normalized spacial score (nSPS) is 12.2. The van der Waals surface area contributed by atoms with Crippen molar-refractivity contribution < 1.29 is 5.11 Å². The predicted octanol–water partition coefficient (Wildman–Crippen LogP) is 5.57. The third-order valence-electron chi connectivity index (χ3n) is 3.25. The zero-order valence-electron chi connectivity index (χ0n) is 11.5. The first kappa shape index (κ1) is 15.0. The van der Waals surface area contributed by atoms with Crippen LogP contribution in [0.5, 0.6) is 5.75 Å². The molecular weight excluding hydrogens is 293 g/mol. The lowest BCUT2D eigenvalue weighted by Crippen LogP contribution is -2.09. The molecule has 0 heterocycles. The number of halogens is 2. The highest BCUT2D eigenvalue weighted by Gasteiger charge is 2.12. The van der Waals surface area contributed by atoms with Gasteiger partial charge in [-0.25, -0.2) is 0 Å². The molecule has 20 heavy (non-hydrogen) atoms. The topological polar surface area (TPSA) is 32.3 Å². The lowest BCUT2D eigenvalue weighted by Gasteiger charge is -2.19. The van der Waals surface area contributed by atoms with Crippen molar-refractivity contribution >= 4 is 28.9 Å². The van der Waals surface area contributed by atoms with Crippen LogP contribution >= 0.6 is 23.2 Å². The summed E-state index contributed by atoms with van der Waals surface area (Å²) in [5.41, 5.74) is 3.24. The predicted molar refractivity (Wildman–Crippen MR) is 86.0 cm³/mol. The van der Waals surface area contributed by atoms with Crippen molar-refractivity contribution in [1.29, 1.82) is 0 Å². The van der Waals surface area contributed by atoms with E-state index in [1.54, 1.807) is 12.1 Å². The Labute approximate surface area is 129 Å². The molecule has 0 aliphatic rings.